The number of carbonyl (C=O) groups excluding carboxylic acids is 1. The molecule has 0 aliphatic rings. The van der Waals surface area contributed by atoms with Crippen LogP contribution in [0.15, 0.2) is 24.3 Å². The smallest absolute Gasteiger partial charge is 0.293 e. The highest BCUT2D eigenvalue weighted by atomic mass is 16.5. The molecule has 1 amide bonds. The number of rotatable bonds is 5. The molecule has 112 valence electrons. The van der Waals surface area contributed by atoms with Crippen molar-refractivity contribution in [3.05, 3.63) is 41.5 Å². The molecule has 0 saturated heterocycles. The van der Waals surface area contributed by atoms with Crippen molar-refractivity contribution >= 4 is 5.91 Å². The van der Waals surface area contributed by atoms with Crippen molar-refractivity contribution in [1.82, 2.24) is 20.1 Å². The van der Waals surface area contributed by atoms with Crippen LogP contribution in [0.1, 0.15) is 41.8 Å². The third-order valence-electron chi connectivity index (χ3n) is 3.17. The van der Waals surface area contributed by atoms with E-state index < -0.39 is 0 Å². The molecule has 0 unspecified atom stereocenters. The van der Waals surface area contributed by atoms with Crippen LogP contribution >= 0.6 is 0 Å². The first-order chi connectivity index (χ1) is 10.0. The molecule has 0 aliphatic carbocycles. The fraction of sp³-hybridized carbons (Fsp3) is 0.400. The zero-order valence-corrected chi connectivity index (χ0v) is 12.8. The molecule has 0 aliphatic heterocycles. The number of hydrogen-bond acceptors (Lipinski definition) is 4. The number of methoxy groups -OCH3 is 1. The van der Waals surface area contributed by atoms with Crippen molar-refractivity contribution in [2.45, 2.75) is 26.3 Å². The summed E-state index contributed by atoms with van der Waals surface area (Å²) in [5.41, 5.74) is 1.02. The monoisotopic (exact) mass is 288 g/mol. The van der Waals surface area contributed by atoms with Crippen LogP contribution in [-0.4, -0.2) is 40.1 Å². The van der Waals surface area contributed by atoms with Crippen molar-refractivity contribution < 1.29 is 9.53 Å². The zero-order valence-electron chi connectivity index (χ0n) is 12.8. The Morgan fingerprint density at radius 2 is 2.00 bits per heavy atom. The lowest BCUT2D eigenvalue weighted by Crippen LogP contribution is -2.27. The highest BCUT2D eigenvalue weighted by Crippen LogP contribution is 2.14. The summed E-state index contributed by atoms with van der Waals surface area (Å²) < 4.78 is 5.11. The number of H-pyrrole nitrogens is 1. The normalized spacial score (nSPS) is 10.7. The second-order valence-corrected chi connectivity index (χ2v) is 5.21. The van der Waals surface area contributed by atoms with Crippen LogP contribution in [0.25, 0.3) is 0 Å². The summed E-state index contributed by atoms with van der Waals surface area (Å²) in [5.74, 6) is 1.73. The Kier molecular flexibility index (Phi) is 4.57. The maximum absolute atomic E-state index is 12.3. The number of carbonyl (C=O) groups is 1. The zero-order chi connectivity index (χ0) is 15.4. The molecule has 1 aromatic carbocycles. The predicted octanol–water partition coefficient (Wildman–Crippen LogP) is 2.21. The van der Waals surface area contributed by atoms with Crippen LogP contribution in [0, 0.1) is 0 Å². The minimum atomic E-state index is -0.200. The first-order valence-electron chi connectivity index (χ1n) is 6.82. The molecule has 2 aromatic rings. The van der Waals surface area contributed by atoms with Gasteiger partial charge in [-0.15, -0.1) is 5.10 Å². The van der Waals surface area contributed by atoms with Crippen LogP contribution in [-0.2, 0) is 6.54 Å². The van der Waals surface area contributed by atoms with Gasteiger partial charge in [-0.05, 0) is 17.7 Å². The van der Waals surface area contributed by atoms with E-state index in [0.717, 1.165) is 17.1 Å². The quantitative estimate of drug-likeness (QED) is 0.915. The van der Waals surface area contributed by atoms with E-state index >= 15 is 0 Å². The highest BCUT2D eigenvalue weighted by Gasteiger charge is 2.18. The molecule has 0 spiro atoms. The Bertz CT molecular complexity index is 604. The van der Waals surface area contributed by atoms with Crippen LogP contribution in [0.4, 0.5) is 0 Å². The molecule has 0 saturated carbocycles. The largest absolute Gasteiger partial charge is 0.497 e. The van der Waals surface area contributed by atoms with Gasteiger partial charge in [-0.3, -0.25) is 9.89 Å². The summed E-state index contributed by atoms with van der Waals surface area (Å²) in [6.45, 7) is 4.49. The fourth-order valence-electron chi connectivity index (χ4n) is 1.88. The Balaban J connectivity index is 2.04. The summed E-state index contributed by atoms with van der Waals surface area (Å²) in [6.07, 6.45) is 0. The van der Waals surface area contributed by atoms with E-state index in [1.165, 1.54) is 0 Å². The minimum Gasteiger partial charge on any atom is -0.497 e. The number of hydrogen-bond donors (Lipinski definition) is 1. The van der Waals surface area contributed by atoms with Crippen LogP contribution in [0.2, 0.25) is 0 Å². The molecule has 6 nitrogen and oxygen atoms in total. The average Bonchev–Trinajstić information content (AvgIpc) is 2.97. The van der Waals surface area contributed by atoms with Crippen LogP contribution in [0.5, 0.6) is 5.75 Å². The van der Waals surface area contributed by atoms with Crippen LogP contribution in [0.3, 0.4) is 0 Å². The number of aromatic amines is 1. The molecule has 1 heterocycles. The van der Waals surface area contributed by atoms with Crippen molar-refractivity contribution in [1.29, 1.82) is 0 Å². The van der Waals surface area contributed by atoms with E-state index in [1.807, 2.05) is 38.1 Å². The first-order valence-corrected chi connectivity index (χ1v) is 6.82. The number of ether oxygens (including phenoxy) is 1. The van der Waals surface area contributed by atoms with Crippen molar-refractivity contribution in [3.63, 3.8) is 0 Å². The van der Waals surface area contributed by atoms with E-state index in [1.54, 1.807) is 19.1 Å². The second kappa shape index (κ2) is 6.39. The van der Waals surface area contributed by atoms with Gasteiger partial charge in [-0.2, -0.15) is 0 Å². The Morgan fingerprint density at radius 1 is 1.33 bits per heavy atom. The molecule has 1 N–H and O–H groups in total. The molecule has 6 heteroatoms. The molecular weight excluding hydrogens is 268 g/mol. The van der Waals surface area contributed by atoms with Gasteiger partial charge in [0.05, 0.1) is 7.11 Å². The van der Waals surface area contributed by atoms with E-state index in [4.69, 9.17) is 4.74 Å². The van der Waals surface area contributed by atoms with Gasteiger partial charge in [-0.25, -0.2) is 4.98 Å². The number of benzene rings is 1. The van der Waals surface area contributed by atoms with Gasteiger partial charge in [0.1, 0.15) is 11.6 Å². The van der Waals surface area contributed by atoms with Gasteiger partial charge >= 0.3 is 0 Å². The minimum absolute atomic E-state index is 0.200. The third kappa shape index (κ3) is 3.59. The summed E-state index contributed by atoms with van der Waals surface area (Å²) in [4.78, 5) is 18.1. The van der Waals surface area contributed by atoms with Crippen molar-refractivity contribution in [2.24, 2.45) is 0 Å². The van der Waals surface area contributed by atoms with E-state index in [9.17, 15) is 4.79 Å². The van der Waals surface area contributed by atoms with Crippen molar-refractivity contribution in [2.75, 3.05) is 14.2 Å². The average molecular weight is 288 g/mol. The Hall–Kier alpha value is -2.37. The Morgan fingerprint density at radius 3 is 2.52 bits per heavy atom. The molecule has 0 atom stereocenters. The predicted molar refractivity (Wildman–Crippen MR) is 79.3 cm³/mol. The molecular formula is C15H20N4O2. The summed E-state index contributed by atoms with van der Waals surface area (Å²) >= 11 is 0. The maximum Gasteiger partial charge on any atom is 0.293 e. The first kappa shape index (κ1) is 15.0. The molecule has 0 fully saturated rings. The molecule has 21 heavy (non-hydrogen) atoms. The topological polar surface area (TPSA) is 71.1 Å². The number of aromatic nitrogens is 3. The molecule has 1 aromatic heterocycles. The number of amides is 1. The summed E-state index contributed by atoms with van der Waals surface area (Å²) in [6, 6.07) is 7.61. The van der Waals surface area contributed by atoms with Gasteiger partial charge in [0, 0.05) is 19.5 Å². The number of nitrogens with one attached hydrogen (secondary N) is 1. The standard InChI is InChI=1S/C15H20N4O2/c1-10(2)13-16-14(18-17-13)15(20)19(3)9-11-5-7-12(21-4)8-6-11/h5-8,10H,9H2,1-4H3,(H,16,17,18). The number of nitrogens with zero attached hydrogens (tertiary/aromatic N) is 3. The lowest BCUT2D eigenvalue weighted by atomic mass is 10.2. The lowest BCUT2D eigenvalue weighted by Gasteiger charge is -2.15. The van der Waals surface area contributed by atoms with Gasteiger partial charge in [0.25, 0.3) is 5.91 Å². The molecule has 2 rings (SSSR count). The van der Waals surface area contributed by atoms with E-state index in [0.29, 0.717) is 6.54 Å². The highest BCUT2D eigenvalue weighted by molar-refractivity contribution is 5.90. The van der Waals surface area contributed by atoms with E-state index in [-0.39, 0.29) is 17.6 Å². The van der Waals surface area contributed by atoms with Crippen LogP contribution < -0.4 is 4.74 Å². The molecule has 0 radical (unpaired) electrons. The van der Waals surface area contributed by atoms with Gasteiger partial charge in [0.15, 0.2) is 0 Å². The third-order valence-corrected chi connectivity index (χ3v) is 3.17. The van der Waals surface area contributed by atoms with Gasteiger partial charge in [0.2, 0.25) is 5.82 Å². The summed E-state index contributed by atoms with van der Waals surface area (Å²) in [5, 5.41) is 6.77. The van der Waals surface area contributed by atoms with E-state index in [2.05, 4.69) is 15.2 Å². The Labute approximate surface area is 124 Å². The van der Waals surface area contributed by atoms with Crippen molar-refractivity contribution in [3.8, 4) is 5.75 Å². The van der Waals surface area contributed by atoms with Gasteiger partial charge < -0.3 is 9.64 Å². The fourth-order valence-corrected chi connectivity index (χ4v) is 1.88. The maximum atomic E-state index is 12.3. The lowest BCUT2D eigenvalue weighted by molar-refractivity contribution is 0.0773. The van der Waals surface area contributed by atoms with Gasteiger partial charge in [-0.1, -0.05) is 26.0 Å². The molecule has 0 bridgehead atoms. The summed E-state index contributed by atoms with van der Waals surface area (Å²) in [7, 11) is 3.36. The SMILES string of the molecule is COc1ccc(CN(C)C(=O)c2n[nH]c(C(C)C)n2)cc1. The second-order valence-electron chi connectivity index (χ2n) is 5.21.